The highest BCUT2D eigenvalue weighted by atomic mass is 127. The maximum Gasteiger partial charge on any atom is 0.191 e. The highest BCUT2D eigenvalue weighted by molar-refractivity contribution is 14.0. The zero-order valence-electron chi connectivity index (χ0n) is 15.1. The van der Waals surface area contributed by atoms with Crippen LogP contribution in [0.25, 0.3) is 0 Å². The van der Waals surface area contributed by atoms with Gasteiger partial charge in [-0.15, -0.1) is 35.3 Å². The van der Waals surface area contributed by atoms with Crippen molar-refractivity contribution in [3.05, 3.63) is 51.2 Å². The van der Waals surface area contributed by atoms with Crippen LogP contribution in [0.15, 0.2) is 28.6 Å². The summed E-state index contributed by atoms with van der Waals surface area (Å²) < 4.78 is 13.7. The summed E-state index contributed by atoms with van der Waals surface area (Å²) in [7, 11) is 1.73. The second kappa shape index (κ2) is 10.7. The summed E-state index contributed by atoms with van der Waals surface area (Å²) in [6.45, 7) is 6.62. The second-order valence-corrected chi connectivity index (χ2v) is 6.65. The predicted molar refractivity (Wildman–Crippen MR) is 115 cm³/mol. The SMILES string of the molecule is CCc1nc(CCNC(=NC)NC(C)c2ccc(C)c(F)c2)cs1.I. The molecule has 1 heterocycles. The molecule has 0 bridgehead atoms. The van der Waals surface area contributed by atoms with Crippen LogP contribution in [0.2, 0.25) is 0 Å². The van der Waals surface area contributed by atoms with Crippen molar-refractivity contribution >= 4 is 41.3 Å². The van der Waals surface area contributed by atoms with E-state index < -0.39 is 0 Å². The minimum Gasteiger partial charge on any atom is -0.356 e. The number of aromatic nitrogens is 1. The van der Waals surface area contributed by atoms with E-state index in [1.807, 2.05) is 13.0 Å². The highest BCUT2D eigenvalue weighted by Gasteiger charge is 2.10. The third kappa shape index (κ3) is 6.54. The Labute approximate surface area is 170 Å². The fourth-order valence-electron chi connectivity index (χ4n) is 2.30. The van der Waals surface area contributed by atoms with Gasteiger partial charge in [0.1, 0.15) is 5.82 Å². The number of hydrogen-bond acceptors (Lipinski definition) is 3. The maximum atomic E-state index is 13.7. The Kier molecular flexibility index (Phi) is 9.34. The van der Waals surface area contributed by atoms with Crippen molar-refractivity contribution < 1.29 is 4.39 Å². The highest BCUT2D eigenvalue weighted by Crippen LogP contribution is 2.16. The summed E-state index contributed by atoms with van der Waals surface area (Å²) in [6, 6.07) is 5.27. The molecule has 2 N–H and O–H groups in total. The zero-order valence-corrected chi connectivity index (χ0v) is 18.2. The first-order chi connectivity index (χ1) is 11.5. The average molecular weight is 476 g/mol. The monoisotopic (exact) mass is 476 g/mol. The molecule has 0 saturated carbocycles. The molecule has 2 aromatic rings. The van der Waals surface area contributed by atoms with Crippen molar-refractivity contribution in [1.82, 2.24) is 15.6 Å². The van der Waals surface area contributed by atoms with Crippen LogP contribution in [0, 0.1) is 12.7 Å². The van der Waals surface area contributed by atoms with E-state index in [-0.39, 0.29) is 35.8 Å². The van der Waals surface area contributed by atoms with Gasteiger partial charge in [-0.25, -0.2) is 9.37 Å². The van der Waals surface area contributed by atoms with Crippen LogP contribution in [0.4, 0.5) is 4.39 Å². The Hall–Kier alpha value is -1.22. The normalized spacial score (nSPS) is 12.4. The van der Waals surface area contributed by atoms with Crippen molar-refractivity contribution in [3.8, 4) is 0 Å². The van der Waals surface area contributed by atoms with E-state index in [1.54, 1.807) is 37.4 Å². The molecular formula is C18H26FIN4S. The van der Waals surface area contributed by atoms with Gasteiger partial charge in [0, 0.05) is 25.4 Å². The summed E-state index contributed by atoms with van der Waals surface area (Å²) in [5, 5.41) is 9.84. The van der Waals surface area contributed by atoms with Crippen molar-refractivity contribution in [2.24, 2.45) is 4.99 Å². The van der Waals surface area contributed by atoms with Crippen LogP contribution in [0.5, 0.6) is 0 Å². The van der Waals surface area contributed by atoms with Gasteiger partial charge < -0.3 is 10.6 Å². The number of thiazole rings is 1. The van der Waals surface area contributed by atoms with E-state index in [0.717, 1.165) is 30.6 Å². The van der Waals surface area contributed by atoms with E-state index in [4.69, 9.17) is 0 Å². The summed E-state index contributed by atoms with van der Waals surface area (Å²) in [6.07, 6.45) is 1.83. The topological polar surface area (TPSA) is 49.3 Å². The number of rotatable bonds is 6. The Morgan fingerprint density at radius 1 is 1.40 bits per heavy atom. The van der Waals surface area contributed by atoms with E-state index in [9.17, 15) is 4.39 Å². The molecule has 1 aromatic carbocycles. The summed E-state index contributed by atoms with van der Waals surface area (Å²) >= 11 is 1.70. The lowest BCUT2D eigenvalue weighted by atomic mass is 10.1. The Bertz CT molecular complexity index is 702. The minimum atomic E-state index is -0.181. The number of nitrogens with one attached hydrogen (secondary N) is 2. The fraction of sp³-hybridized carbons (Fsp3) is 0.444. The van der Waals surface area contributed by atoms with Gasteiger partial charge in [-0.3, -0.25) is 4.99 Å². The molecule has 0 aliphatic carbocycles. The largest absolute Gasteiger partial charge is 0.356 e. The number of aliphatic imine (C=N–C) groups is 1. The molecule has 0 amide bonds. The van der Waals surface area contributed by atoms with Crippen LogP contribution in [0.1, 0.15) is 41.7 Å². The first-order valence-electron chi connectivity index (χ1n) is 8.20. The summed E-state index contributed by atoms with van der Waals surface area (Å²) in [4.78, 5) is 8.78. The van der Waals surface area contributed by atoms with Gasteiger partial charge in [-0.2, -0.15) is 0 Å². The van der Waals surface area contributed by atoms with Gasteiger partial charge in [0.25, 0.3) is 0 Å². The molecule has 0 spiro atoms. The molecule has 2 rings (SSSR count). The Balaban J connectivity index is 0.00000312. The molecule has 25 heavy (non-hydrogen) atoms. The van der Waals surface area contributed by atoms with Crippen LogP contribution < -0.4 is 10.6 Å². The van der Waals surface area contributed by atoms with E-state index in [2.05, 4.69) is 32.9 Å². The van der Waals surface area contributed by atoms with Gasteiger partial charge >= 0.3 is 0 Å². The summed E-state index contributed by atoms with van der Waals surface area (Å²) in [5.74, 6) is 0.522. The minimum absolute atomic E-state index is 0. The molecular weight excluding hydrogens is 450 g/mol. The number of nitrogens with zero attached hydrogens (tertiary/aromatic N) is 2. The van der Waals surface area contributed by atoms with Gasteiger partial charge in [0.05, 0.1) is 16.7 Å². The Morgan fingerprint density at radius 3 is 2.76 bits per heavy atom. The standard InChI is InChI=1S/C18H25FN4S.HI/c1-5-17-23-15(11-24-17)8-9-21-18(20-4)22-13(3)14-7-6-12(2)16(19)10-14;/h6-7,10-11,13H,5,8-9H2,1-4H3,(H2,20,21,22);1H. The Morgan fingerprint density at radius 2 is 2.16 bits per heavy atom. The molecule has 0 aliphatic heterocycles. The molecule has 0 radical (unpaired) electrons. The van der Waals surface area contributed by atoms with Crippen molar-refractivity contribution in [2.75, 3.05) is 13.6 Å². The predicted octanol–water partition coefficient (Wildman–Crippen LogP) is 4.24. The molecule has 138 valence electrons. The summed E-state index contributed by atoms with van der Waals surface area (Å²) in [5.41, 5.74) is 2.66. The quantitative estimate of drug-likeness (QED) is 0.373. The molecule has 0 aliphatic rings. The molecule has 0 saturated heterocycles. The van der Waals surface area contributed by atoms with E-state index in [1.165, 1.54) is 5.01 Å². The van der Waals surface area contributed by atoms with Crippen LogP contribution in [-0.4, -0.2) is 24.5 Å². The van der Waals surface area contributed by atoms with E-state index in [0.29, 0.717) is 11.5 Å². The zero-order chi connectivity index (χ0) is 17.5. The van der Waals surface area contributed by atoms with Gasteiger partial charge in [0.15, 0.2) is 5.96 Å². The average Bonchev–Trinajstić information content (AvgIpc) is 3.04. The molecule has 1 atom stereocenters. The first kappa shape index (κ1) is 21.8. The van der Waals surface area contributed by atoms with Gasteiger partial charge in [-0.05, 0) is 37.5 Å². The molecule has 1 aromatic heterocycles. The number of guanidine groups is 1. The van der Waals surface area contributed by atoms with Crippen molar-refractivity contribution in [3.63, 3.8) is 0 Å². The van der Waals surface area contributed by atoms with Crippen LogP contribution in [0.3, 0.4) is 0 Å². The molecule has 7 heteroatoms. The number of hydrogen-bond donors (Lipinski definition) is 2. The third-order valence-corrected chi connectivity index (χ3v) is 4.89. The van der Waals surface area contributed by atoms with E-state index >= 15 is 0 Å². The van der Waals surface area contributed by atoms with Crippen LogP contribution >= 0.6 is 35.3 Å². The van der Waals surface area contributed by atoms with Gasteiger partial charge in [-0.1, -0.05) is 19.1 Å². The smallest absolute Gasteiger partial charge is 0.191 e. The lowest BCUT2D eigenvalue weighted by Crippen LogP contribution is -2.39. The molecule has 0 fully saturated rings. The van der Waals surface area contributed by atoms with Crippen molar-refractivity contribution in [1.29, 1.82) is 0 Å². The number of halogens is 2. The third-order valence-electron chi connectivity index (χ3n) is 3.85. The lowest BCUT2D eigenvalue weighted by Gasteiger charge is -2.18. The van der Waals surface area contributed by atoms with Gasteiger partial charge in [0.2, 0.25) is 0 Å². The first-order valence-corrected chi connectivity index (χ1v) is 9.08. The van der Waals surface area contributed by atoms with Crippen molar-refractivity contribution in [2.45, 2.75) is 39.7 Å². The lowest BCUT2D eigenvalue weighted by molar-refractivity contribution is 0.607. The molecule has 1 unspecified atom stereocenters. The van der Waals surface area contributed by atoms with Crippen LogP contribution in [-0.2, 0) is 12.8 Å². The number of benzene rings is 1. The molecule has 4 nitrogen and oxygen atoms in total. The second-order valence-electron chi connectivity index (χ2n) is 5.71. The number of aryl methyl sites for hydroxylation is 2. The maximum absolute atomic E-state index is 13.7. The fourth-order valence-corrected chi connectivity index (χ4v) is 3.08.